The Morgan fingerprint density at radius 2 is 2.22 bits per heavy atom. The molecular formula is C18H22N2O3. The molecule has 5 heteroatoms. The number of nitrogens with zero attached hydrogens (tertiary/aromatic N) is 1. The lowest BCUT2D eigenvalue weighted by Gasteiger charge is -2.13. The summed E-state index contributed by atoms with van der Waals surface area (Å²) in [6.45, 7) is 6.19. The molecule has 1 aromatic heterocycles. The molecule has 0 unspecified atom stereocenters. The van der Waals surface area contributed by atoms with Gasteiger partial charge in [-0.2, -0.15) is 0 Å². The molecule has 0 saturated heterocycles. The van der Waals surface area contributed by atoms with E-state index in [2.05, 4.69) is 17.4 Å². The van der Waals surface area contributed by atoms with Crippen molar-refractivity contribution in [2.75, 3.05) is 0 Å². The lowest BCUT2D eigenvalue weighted by atomic mass is 10.1. The van der Waals surface area contributed by atoms with E-state index in [9.17, 15) is 4.79 Å². The maximum Gasteiger partial charge on any atom is 0.251 e. The molecule has 1 heterocycles. The fourth-order valence-corrected chi connectivity index (χ4v) is 2.59. The molecule has 1 atom stereocenters. The number of aryl methyl sites for hydroxylation is 2. The molecule has 1 aromatic carbocycles. The maximum absolute atomic E-state index is 12.3. The van der Waals surface area contributed by atoms with Crippen molar-refractivity contribution >= 4 is 5.91 Å². The second-order valence-corrected chi connectivity index (χ2v) is 6.22. The lowest BCUT2D eigenvalue weighted by Crippen LogP contribution is -2.33. The fraction of sp³-hybridized carbons (Fsp3) is 0.444. The van der Waals surface area contributed by atoms with Gasteiger partial charge in [0.25, 0.3) is 5.91 Å². The number of ether oxygens (including phenoxy) is 1. The van der Waals surface area contributed by atoms with E-state index in [-0.39, 0.29) is 11.9 Å². The van der Waals surface area contributed by atoms with Gasteiger partial charge in [0.2, 0.25) is 0 Å². The van der Waals surface area contributed by atoms with Crippen LogP contribution in [-0.2, 0) is 6.61 Å². The largest absolute Gasteiger partial charge is 0.489 e. The molecule has 0 bridgehead atoms. The topological polar surface area (TPSA) is 64.4 Å². The smallest absolute Gasteiger partial charge is 0.251 e. The van der Waals surface area contributed by atoms with E-state index in [0.29, 0.717) is 23.8 Å². The minimum Gasteiger partial charge on any atom is -0.489 e. The Labute approximate surface area is 136 Å². The van der Waals surface area contributed by atoms with Gasteiger partial charge in [-0.05, 0) is 57.7 Å². The number of benzene rings is 1. The number of nitrogens with one attached hydrogen (secondary N) is 1. The average molecular weight is 314 g/mol. The Morgan fingerprint density at radius 3 is 2.87 bits per heavy atom. The van der Waals surface area contributed by atoms with Gasteiger partial charge in [0, 0.05) is 11.6 Å². The average Bonchev–Trinajstić information content (AvgIpc) is 3.33. The number of rotatable bonds is 6. The maximum atomic E-state index is 12.3. The molecule has 122 valence electrons. The third-order valence-electron chi connectivity index (χ3n) is 4.35. The third kappa shape index (κ3) is 3.73. The SMILES string of the molecule is Cc1noc(C)c1COc1cccc(C(=O)N[C@H](C)C2CC2)c1. The van der Waals surface area contributed by atoms with Gasteiger partial charge in [-0.25, -0.2) is 0 Å². The highest BCUT2D eigenvalue weighted by Crippen LogP contribution is 2.32. The van der Waals surface area contributed by atoms with Gasteiger partial charge >= 0.3 is 0 Å². The van der Waals surface area contributed by atoms with Crippen LogP contribution in [-0.4, -0.2) is 17.1 Å². The van der Waals surface area contributed by atoms with Crippen molar-refractivity contribution in [2.45, 2.75) is 46.3 Å². The summed E-state index contributed by atoms with van der Waals surface area (Å²) < 4.78 is 10.9. The third-order valence-corrected chi connectivity index (χ3v) is 4.35. The van der Waals surface area contributed by atoms with Gasteiger partial charge in [-0.3, -0.25) is 4.79 Å². The number of carbonyl (C=O) groups is 1. The zero-order valence-electron chi connectivity index (χ0n) is 13.8. The van der Waals surface area contributed by atoms with Gasteiger partial charge < -0.3 is 14.6 Å². The first-order chi connectivity index (χ1) is 11.0. The van der Waals surface area contributed by atoms with E-state index in [1.165, 1.54) is 12.8 Å². The highest BCUT2D eigenvalue weighted by molar-refractivity contribution is 5.94. The van der Waals surface area contributed by atoms with Crippen molar-refractivity contribution in [3.05, 3.63) is 46.8 Å². The Hall–Kier alpha value is -2.30. The molecule has 3 rings (SSSR count). The first-order valence-corrected chi connectivity index (χ1v) is 8.00. The predicted octanol–water partition coefficient (Wildman–Crippen LogP) is 3.40. The summed E-state index contributed by atoms with van der Waals surface area (Å²) in [5.74, 6) is 2.01. The quantitative estimate of drug-likeness (QED) is 0.887. The molecular weight excluding hydrogens is 292 g/mol. The molecule has 0 radical (unpaired) electrons. The minimum atomic E-state index is -0.0489. The molecule has 2 aromatic rings. The van der Waals surface area contributed by atoms with Crippen LogP contribution < -0.4 is 10.1 Å². The molecule has 5 nitrogen and oxygen atoms in total. The number of hydrogen-bond acceptors (Lipinski definition) is 4. The van der Waals surface area contributed by atoms with Crippen LogP contribution in [0, 0.1) is 19.8 Å². The summed E-state index contributed by atoms with van der Waals surface area (Å²) in [4.78, 5) is 12.3. The molecule has 1 fully saturated rings. The van der Waals surface area contributed by atoms with Crippen molar-refractivity contribution in [1.82, 2.24) is 10.5 Å². The van der Waals surface area contributed by atoms with Crippen LogP contribution >= 0.6 is 0 Å². The van der Waals surface area contributed by atoms with Crippen molar-refractivity contribution in [3.63, 3.8) is 0 Å². The van der Waals surface area contributed by atoms with Crippen LogP contribution in [0.25, 0.3) is 0 Å². The Balaban J connectivity index is 1.63. The minimum absolute atomic E-state index is 0.0489. The second-order valence-electron chi connectivity index (χ2n) is 6.22. The molecule has 23 heavy (non-hydrogen) atoms. The van der Waals surface area contributed by atoms with Crippen molar-refractivity contribution in [3.8, 4) is 5.75 Å². The summed E-state index contributed by atoms with van der Waals surface area (Å²) in [7, 11) is 0. The van der Waals surface area contributed by atoms with Crippen LogP contribution in [0.15, 0.2) is 28.8 Å². The molecule has 1 saturated carbocycles. The number of amides is 1. The van der Waals surface area contributed by atoms with Crippen molar-refractivity contribution in [2.24, 2.45) is 5.92 Å². The van der Waals surface area contributed by atoms with E-state index in [1.54, 1.807) is 12.1 Å². The van der Waals surface area contributed by atoms with Crippen molar-refractivity contribution < 1.29 is 14.1 Å². The van der Waals surface area contributed by atoms with E-state index >= 15 is 0 Å². The second kappa shape index (κ2) is 6.44. The molecule has 0 aliphatic heterocycles. The van der Waals surface area contributed by atoms with Crippen LogP contribution in [0.4, 0.5) is 0 Å². The summed E-state index contributed by atoms with van der Waals surface area (Å²) in [5, 5.41) is 6.96. The predicted molar refractivity (Wildman–Crippen MR) is 86.4 cm³/mol. The van der Waals surface area contributed by atoms with Crippen LogP contribution in [0.1, 0.15) is 47.1 Å². The van der Waals surface area contributed by atoms with Crippen molar-refractivity contribution in [1.29, 1.82) is 0 Å². The van der Waals surface area contributed by atoms with Gasteiger partial charge in [0.1, 0.15) is 18.1 Å². The number of carbonyl (C=O) groups excluding carboxylic acids is 1. The van der Waals surface area contributed by atoms with Crippen LogP contribution in [0.5, 0.6) is 5.75 Å². The van der Waals surface area contributed by atoms with Gasteiger partial charge in [0.15, 0.2) is 0 Å². The van der Waals surface area contributed by atoms with Crippen LogP contribution in [0.2, 0.25) is 0 Å². The normalized spacial score (nSPS) is 15.3. The standard InChI is InChI=1S/C18H22N2O3/c1-11(14-7-8-14)19-18(21)15-5-4-6-16(9-15)22-10-17-12(2)20-23-13(17)3/h4-6,9,11,14H,7-8,10H2,1-3H3,(H,19,21)/t11-/m1/s1. The monoisotopic (exact) mass is 314 g/mol. The zero-order valence-corrected chi connectivity index (χ0v) is 13.8. The molecule has 1 aliphatic rings. The summed E-state index contributed by atoms with van der Waals surface area (Å²) in [5.41, 5.74) is 2.39. The Kier molecular flexibility index (Phi) is 4.37. The molecule has 1 N–H and O–H groups in total. The highest BCUT2D eigenvalue weighted by atomic mass is 16.5. The lowest BCUT2D eigenvalue weighted by molar-refractivity contribution is 0.0935. The first-order valence-electron chi connectivity index (χ1n) is 8.00. The van der Waals surface area contributed by atoms with E-state index in [0.717, 1.165) is 17.0 Å². The van der Waals surface area contributed by atoms with E-state index in [4.69, 9.17) is 9.26 Å². The van der Waals surface area contributed by atoms with Gasteiger partial charge in [-0.1, -0.05) is 11.2 Å². The summed E-state index contributed by atoms with van der Waals surface area (Å²) in [6, 6.07) is 7.48. The number of hydrogen-bond donors (Lipinski definition) is 1. The Morgan fingerprint density at radius 1 is 1.43 bits per heavy atom. The van der Waals surface area contributed by atoms with Gasteiger partial charge in [-0.15, -0.1) is 0 Å². The summed E-state index contributed by atoms with van der Waals surface area (Å²) >= 11 is 0. The van der Waals surface area contributed by atoms with E-state index < -0.39 is 0 Å². The molecule has 1 amide bonds. The highest BCUT2D eigenvalue weighted by Gasteiger charge is 2.29. The van der Waals surface area contributed by atoms with E-state index in [1.807, 2.05) is 26.0 Å². The van der Waals surface area contributed by atoms with Crippen LogP contribution in [0.3, 0.4) is 0 Å². The number of aromatic nitrogens is 1. The van der Waals surface area contributed by atoms with Gasteiger partial charge in [0.05, 0.1) is 11.3 Å². The zero-order chi connectivity index (χ0) is 16.4. The Bertz CT molecular complexity index is 685. The fourth-order valence-electron chi connectivity index (χ4n) is 2.59. The molecule has 1 aliphatic carbocycles. The first kappa shape index (κ1) is 15.6. The summed E-state index contributed by atoms with van der Waals surface area (Å²) in [6.07, 6.45) is 2.42. The molecule has 0 spiro atoms.